The fourth-order valence-electron chi connectivity index (χ4n) is 8.30. The zero-order valence-corrected chi connectivity index (χ0v) is 22.5. The van der Waals surface area contributed by atoms with E-state index in [1.54, 1.807) is 0 Å². The van der Waals surface area contributed by atoms with E-state index in [4.69, 9.17) is 23.2 Å². The first-order valence-corrected chi connectivity index (χ1v) is 14.3. The standard InChI is InChI=1S/C33H32Cl2O2/c34-30(36)20-32(19-22-9-1-2-10-23(22)24-11-3-6-14-27(24)32)17-18-33(21-31(35)37)28-15-7-4-12-25(28)26-13-5-8-16-29(26)33/h1-2,4-5,7-10,12-13,15-16,24,27H,3,6,11,14,17-21H2. The second-order valence-electron chi connectivity index (χ2n) is 11.5. The minimum absolute atomic E-state index is 0.229. The van der Waals surface area contributed by atoms with E-state index in [2.05, 4.69) is 72.8 Å². The Morgan fingerprint density at radius 1 is 0.730 bits per heavy atom. The third-order valence-electron chi connectivity index (χ3n) is 9.71. The van der Waals surface area contributed by atoms with Gasteiger partial charge in [-0.3, -0.25) is 9.59 Å². The van der Waals surface area contributed by atoms with Gasteiger partial charge in [-0.15, -0.1) is 0 Å². The number of halogens is 2. The van der Waals surface area contributed by atoms with Crippen LogP contribution in [-0.4, -0.2) is 10.5 Å². The van der Waals surface area contributed by atoms with Crippen LogP contribution in [0.2, 0.25) is 0 Å². The summed E-state index contributed by atoms with van der Waals surface area (Å²) in [5.74, 6) is 0.873. The summed E-state index contributed by atoms with van der Waals surface area (Å²) >= 11 is 12.4. The Labute approximate surface area is 229 Å². The summed E-state index contributed by atoms with van der Waals surface area (Å²) < 4.78 is 0. The Morgan fingerprint density at radius 3 is 2.00 bits per heavy atom. The lowest BCUT2D eigenvalue weighted by Gasteiger charge is -2.52. The first-order chi connectivity index (χ1) is 17.9. The number of hydrogen-bond acceptors (Lipinski definition) is 2. The molecule has 3 aliphatic rings. The summed E-state index contributed by atoms with van der Waals surface area (Å²) in [6.07, 6.45) is 7.77. The fraction of sp³-hybridized carbons (Fsp3) is 0.394. The van der Waals surface area contributed by atoms with Crippen molar-refractivity contribution in [3.05, 3.63) is 95.1 Å². The lowest BCUT2D eigenvalue weighted by Crippen LogP contribution is -2.44. The zero-order chi connectivity index (χ0) is 25.6. The highest BCUT2D eigenvalue weighted by atomic mass is 35.5. The molecule has 3 atom stereocenters. The molecule has 0 N–H and O–H groups in total. The van der Waals surface area contributed by atoms with Crippen LogP contribution >= 0.6 is 23.2 Å². The Hall–Kier alpha value is -2.42. The van der Waals surface area contributed by atoms with Crippen molar-refractivity contribution in [2.45, 2.75) is 69.1 Å². The normalized spacial score (nSPS) is 24.9. The smallest absolute Gasteiger partial charge is 0.222 e. The molecule has 6 rings (SSSR count). The molecule has 0 saturated heterocycles. The molecule has 0 bridgehead atoms. The number of rotatable bonds is 7. The van der Waals surface area contributed by atoms with Gasteiger partial charge in [0, 0.05) is 18.3 Å². The third kappa shape index (κ3) is 4.17. The lowest BCUT2D eigenvalue weighted by atomic mass is 9.52. The van der Waals surface area contributed by atoms with Gasteiger partial charge in [0.1, 0.15) is 0 Å². The molecule has 0 aliphatic heterocycles. The maximum atomic E-state index is 12.6. The maximum absolute atomic E-state index is 12.6. The van der Waals surface area contributed by atoms with E-state index in [9.17, 15) is 9.59 Å². The molecule has 0 heterocycles. The van der Waals surface area contributed by atoms with E-state index in [0.717, 1.165) is 32.1 Å². The molecule has 0 amide bonds. The third-order valence-corrected chi connectivity index (χ3v) is 9.97. The Kier molecular flexibility index (Phi) is 6.53. The predicted octanol–water partition coefficient (Wildman–Crippen LogP) is 8.56. The quantitative estimate of drug-likeness (QED) is 0.286. The predicted molar refractivity (Wildman–Crippen MR) is 150 cm³/mol. The molecule has 1 saturated carbocycles. The Morgan fingerprint density at radius 2 is 1.32 bits per heavy atom. The van der Waals surface area contributed by atoms with Crippen molar-refractivity contribution in [2.24, 2.45) is 11.3 Å². The van der Waals surface area contributed by atoms with Crippen LogP contribution in [-0.2, 0) is 21.4 Å². The van der Waals surface area contributed by atoms with Crippen LogP contribution in [0.25, 0.3) is 11.1 Å². The van der Waals surface area contributed by atoms with Crippen LogP contribution in [0.4, 0.5) is 0 Å². The minimum atomic E-state index is -0.504. The Balaban J connectivity index is 1.47. The molecule has 0 radical (unpaired) electrons. The average Bonchev–Trinajstić information content (AvgIpc) is 3.17. The topological polar surface area (TPSA) is 34.1 Å². The van der Waals surface area contributed by atoms with E-state index in [0.29, 0.717) is 18.3 Å². The van der Waals surface area contributed by atoms with E-state index in [1.165, 1.54) is 46.2 Å². The van der Waals surface area contributed by atoms with Crippen molar-refractivity contribution in [2.75, 3.05) is 0 Å². The largest absolute Gasteiger partial charge is 0.281 e. The first kappa shape index (κ1) is 24.9. The van der Waals surface area contributed by atoms with Gasteiger partial charge in [-0.05, 0) is 106 Å². The molecule has 3 unspecified atom stereocenters. The van der Waals surface area contributed by atoms with Gasteiger partial charge in [0.15, 0.2) is 0 Å². The van der Waals surface area contributed by atoms with Gasteiger partial charge >= 0.3 is 0 Å². The second-order valence-corrected chi connectivity index (χ2v) is 12.3. The average molecular weight is 532 g/mol. The molecular weight excluding hydrogens is 499 g/mol. The SMILES string of the molecule is O=C(Cl)CC1(CCC2(CC(=O)Cl)Cc3ccccc3C3CCCCC32)c2ccccc2-c2ccccc21. The summed E-state index contributed by atoms with van der Waals surface area (Å²) in [6, 6.07) is 25.7. The van der Waals surface area contributed by atoms with Crippen molar-refractivity contribution < 1.29 is 9.59 Å². The minimum Gasteiger partial charge on any atom is -0.281 e. The molecule has 190 valence electrons. The van der Waals surface area contributed by atoms with Gasteiger partial charge in [-0.1, -0.05) is 85.6 Å². The summed E-state index contributed by atoms with van der Waals surface area (Å²) in [5, 5.41) is -0.572. The summed E-state index contributed by atoms with van der Waals surface area (Å²) in [4.78, 5) is 25.3. The van der Waals surface area contributed by atoms with Crippen LogP contribution in [0.1, 0.15) is 79.5 Å². The van der Waals surface area contributed by atoms with Crippen molar-refractivity contribution >= 4 is 33.7 Å². The van der Waals surface area contributed by atoms with Crippen molar-refractivity contribution in [1.29, 1.82) is 0 Å². The molecule has 1 fully saturated rings. The van der Waals surface area contributed by atoms with E-state index in [1.807, 2.05) is 0 Å². The number of carbonyl (C=O) groups excluding carboxylic acids is 2. The van der Waals surface area contributed by atoms with Gasteiger partial charge in [-0.25, -0.2) is 0 Å². The highest BCUT2D eigenvalue weighted by Crippen LogP contribution is 2.60. The van der Waals surface area contributed by atoms with Crippen LogP contribution < -0.4 is 0 Å². The second kappa shape index (κ2) is 9.71. The van der Waals surface area contributed by atoms with Crippen molar-refractivity contribution in [1.82, 2.24) is 0 Å². The fourth-order valence-corrected chi connectivity index (χ4v) is 8.79. The van der Waals surface area contributed by atoms with Crippen molar-refractivity contribution in [3.8, 4) is 11.1 Å². The maximum Gasteiger partial charge on any atom is 0.222 e. The molecule has 0 aromatic heterocycles. The van der Waals surface area contributed by atoms with Gasteiger partial charge in [0.05, 0.1) is 0 Å². The zero-order valence-electron chi connectivity index (χ0n) is 21.0. The summed E-state index contributed by atoms with van der Waals surface area (Å²) in [7, 11) is 0. The summed E-state index contributed by atoms with van der Waals surface area (Å²) in [6.45, 7) is 0. The molecule has 4 heteroatoms. The highest BCUT2D eigenvalue weighted by molar-refractivity contribution is 6.63. The van der Waals surface area contributed by atoms with Gasteiger partial charge in [0.25, 0.3) is 0 Å². The van der Waals surface area contributed by atoms with Crippen LogP contribution in [0.15, 0.2) is 72.8 Å². The van der Waals surface area contributed by atoms with Crippen LogP contribution in [0.3, 0.4) is 0 Å². The van der Waals surface area contributed by atoms with Gasteiger partial charge < -0.3 is 0 Å². The van der Waals surface area contributed by atoms with E-state index < -0.39 is 5.41 Å². The van der Waals surface area contributed by atoms with Gasteiger partial charge in [-0.2, -0.15) is 0 Å². The number of carbonyl (C=O) groups is 2. The van der Waals surface area contributed by atoms with Crippen LogP contribution in [0.5, 0.6) is 0 Å². The first-order valence-electron chi connectivity index (χ1n) is 13.6. The number of fused-ring (bicyclic) bond motifs is 6. The number of hydrogen-bond donors (Lipinski definition) is 0. The number of benzene rings is 3. The van der Waals surface area contributed by atoms with E-state index in [-0.39, 0.29) is 22.3 Å². The lowest BCUT2D eigenvalue weighted by molar-refractivity contribution is -0.116. The van der Waals surface area contributed by atoms with Crippen molar-refractivity contribution in [3.63, 3.8) is 0 Å². The van der Waals surface area contributed by atoms with E-state index >= 15 is 0 Å². The van der Waals surface area contributed by atoms with Gasteiger partial charge in [0.2, 0.25) is 10.5 Å². The molecule has 37 heavy (non-hydrogen) atoms. The monoisotopic (exact) mass is 530 g/mol. The highest BCUT2D eigenvalue weighted by Gasteiger charge is 2.51. The molecule has 3 aromatic rings. The summed E-state index contributed by atoms with van der Waals surface area (Å²) in [5.41, 5.74) is 6.81. The molecule has 2 nitrogen and oxygen atoms in total. The molecule has 3 aliphatic carbocycles. The molecule has 0 spiro atoms. The Bertz CT molecular complexity index is 1320. The molecule has 3 aromatic carbocycles. The molecular formula is C33H32Cl2O2. The van der Waals surface area contributed by atoms with Crippen LogP contribution in [0, 0.1) is 11.3 Å².